The zero-order valence-corrected chi connectivity index (χ0v) is 16.1. The summed E-state index contributed by atoms with van der Waals surface area (Å²) in [6, 6.07) is 3.23. The van der Waals surface area contributed by atoms with Gasteiger partial charge in [-0.3, -0.25) is 4.79 Å². The van der Waals surface area contributed by atoms with Crippen LogP contribution in [-0.2, 0) is 4.74 Å². The molecular formula is C19H25N3O5. The van der Waals surface area contributed by atoms with Crippen LogP contribution < -0.4 is 15.0 Å². The fourth-order valence-electron chi connectivity index (χ4n) is 3.13. The molecule has 2 aromatic rings. The van der Waals surface area contributed by atoms with E-state index in [4.69, 9.17) is 14.2 Å². The summed E-state index contributed by atoms with van der Waals surface area (Å²) in [5, 5.41) is 0.361. The van der Waals surface area contributed by atoms with E-state index in [2.05, 4.69) is 9.97 Å². The van der Waals surface area contributed by atoms with Crippen molar-refractivity contribution in [2.45, 2.75) is 45.3 Å². The minimum Gasteiger partial charge on any atom is -0.497 e. The van der Waals surface area contributed by atoms with Crippen LogP contribution >= 0.6 is 0 Å². The molecule has 0 aliphatic carbocycles. The maximum Gasteiger partial charge on any atom is 0.410 e. The van der Waals surface area contributed by atoms with Crippen LogP contribution in [0.25, 0.3) is 10.9 Å². The first-order chi connectivity index (χ1) is 12.8. The molecule has 0 unspecified atom stereocenters. The van der Waals surface area contributed by atoms with E-state index in [1.807, 2.05) is 20.8 Å². The minimum atomic E-state index is -0.549. The molecule has 0 spiro atoms. The third kappa shape index (κ3) is 4.32. The lowest BCUT2D eigenvalue weighted by atomic mass is 10.2. The Morgan fingerprint density at radius 1 is 1.37 bits per heavy atom. The van der Waals surface area contributed by atoms with Crippen molar-refractivity contribution < 1.29 is 19.0 Å². The number of hydrogen-bond donors (Lipinski definition) is 1. The predicted octanol–water partition coefficient (Wildman–Crippen LogP) is 2.71. The third-order valence-electron chi connectivity index (χ3n) is 4.35. The van der Waals surface area contributed by atoms with Crippen molar-refractivity contribution in [3.8, 4) is 11.5 Å². The first-order valence-corrected chi connectivity index (χ1v) is 8.96. The quantitative estimate of drug-likeness (QED) is 0.883. The molecule has 1 amide bonds. The molecule has 0 radical (unpaired) electrons. The number of carbonyl (C=O) groups excluding carboxylic acids is 1. The molecule has 8 heteroatoms. The zero-order chi connectivity index (χ0) is 19.6. The van der Waals surface area contributed by atoms with Gasteiger partial charge in [0, 0.05) is 18.7 Å². The highest BCUT2D eigenvalue weighted by molar-refractivity contribution is 5.85. The van der Waals surface area contributed by atoms with Crippen LogP contribution in [0.1, 0.15) is 33.6 Å². The van der Waals surface area contributed by atoms with E-state index in [0.29, 0.717) is 28.9 Å². The van der Waals surface area contributed by atoms with Crippen LogP contribution in [0.5, 0.6) is 11.5 Å². The van der Waals surface area contributed by atoms with E-state index in [1.54, 1.807) is 24.1 Å². The molecule has 146 valence electrons. The Labute approximate surface area is 157 Å². The number of carbonyl (C=O) groups is 1. The SMILES string of the molecule is COc1cc(OC[C@H]2CCCN2C(=O)OC(C)(C)C)c2c(=O)[nH]cnc2c1. The van der Waals surface area contributed by atoms with Gasteiger partial charge in [0.25, 0.3) is 5.56 Å². The molecule has 1 saturated heterocycles. The molecule has 1 aliphatic heterocycles. The lowest BCUT2D eigenvalue weighted by molar-refractivity contribution is 0.0188. The van der Waals surface area contributed by atoms with Crippen LogP contribution in [0.2, 0.25) is 0 Å². The number of aromatic amines is 1. The summed E-state index contributed by atoms with van der Waals surface area (Å²) in [7, 11) is 1.54. The van der Waals surface area contributed by atoms with Crippen molar-refractivity contribution in [3.63, 3.8) is 0 Å². The van der Waals surface area contributed by atoms with Crippen LogP contribution in [0, 0.1) is 0 Å². The van der Waals surface area contributed by atoms with E-state index < -0.39 is 5.60 Å². The summed E-state index contributed by atoms with van der Waals surface area (Å²) >= 11 is 0. The maximum atomic E-state index is 12.4. The molecule has 1 aromatic carbocycles. The number of nitrogens with one attached hydrogen (secondary N) is 1. The molecule has 0 bridgehead atoms. The fourth-order valence-corrected chi connectivity index (χ4v) is 3.13. The summed E-state index contributed by atoms with van der Waals surface area (Å²) < 4.78 is 16.7. The van der Waals surface area contributed by atoms with Gasteiger partial charge in [0.15, 0.2) is 0 Å². The normalized spacial score (nSPS) is 17.2. The summed E-state index contributed by atoms with van der Waals surface area (Å²) in [4.78, 5) is 33.1. The number of likely N-dealkylation sites (tertiary alicyclic amines) is 1. The first-order valence-electron chi connectivity index (χ1n) is 8.96. The Morgan fingerprint density at radius 2 is 2.15 bits per heavy atom. The zero-order valence-electron chi connectivity index (χ0n) is 16.1. The van der Waals surface area contributed by atoms with E-state index >= 15 is 0 Å². The van der Waals surface area contributed by atoms with E-state index in [-0.39, 0.29) is 24.3 Å². The van der Waals surface area contributed by atoms with E-state index in [9.17, 15) is 9.59 Å². The summed E-state index contributed by atoms with van der Waals surface area (Å²) in [6.07, 6.45) is 2.70. The molecule has 1 aliphatic rings. The molecule has 27 heavy (non-hydrogen) atoms. The second kappa shape index (κ2) is 7.46. The lowest BCUT2D eigenvalue weighted by Gasteiger charge is -2.28. The second-order valence-electron chi connectivity index (χ2n) is 7.53. The Balaban J connectivity index is 1.80. The van der Waals surface area contributed by atoms with Gasteiger partial charge >= 0.3 is 6.09 Å². The van der Waals surface area contributed by atoms with Crippen molar-refractivity contribution in [1.82, 2.24) is 14.9 Å². The van der Waals surface area contributed by atoms with Gasteiger partial charge in [-0.2, -0.15) is 0 Å². The number of fused-ring (bicyclic) bond motifs is 1. The Hall–Kier alpha value is -2.77. The van der Waals surface area contributed by atoms with Gasteiger partial charge in [-0.1, -0.05) is 0 Å². The van der Waals surface area contributed by atoms with E-state index in [0.717, 1.165) is 12.8 Å². The highest BCUT2D eigenvalue weighted by Gasteiger charge is 2.32. The summed E-state index contributed by atoms with van der Waals surface area (Å²) in [6.45, 7) is 6.41. The van der Waals surface area contributed by atoms with Gasteiger partial charge in [0.05, 0.1) is 25.0 Å². The highest BCUT2D eigenvalue weighted by Crippen LogP contribution is 2.29. The minimum absolute atomic E-state index is 0.114. The standard InChI is InChI=1S/C19H25N3O5/c1-19(2,3)27-18(24)22-7-5-6-12(22)10-26-15-9-13(25-4)8-14-16(15)17(23)21-11-20-14/h8-9,11-12H,5-7,10H2,1-4H3,(H,20,21,23)/t12-/m1/s1. The number of ether oxygens (including phenoxy) is 3. The van der Waals surface area contributed by atoms with Crippen LogP contribution in [-0.4, -0.2) is 52.9 Å². The van der Waals surface area contributed by atoms with Gasteiger partial charge in [0.1, 0.15) is 29.1 Å². The molecule has 3 rings (SSSR count). The van der Waals surface area contributed by atoms with Gasteiger partial charge in [-0.05, 0) is 33.6 Å². The Kier molecular flexibility index (Phi) is 5.25. The number of amides is 1. The average molecular weight is 375 g/mol. The molecule has 1 atom stereocenters. The number of hydrogen-bond acceptors (Lipinski definition) is 6. The van der Waals surface area contributed by atoms with Gasteiger partial charge in [0.2, 0.25) is 0 Å². The van der Waals surface area contributed by atoms with Gasteiger partial charge in [-0.25, -0.2) is 9.78 Å². The third-order valence-corrected chi connectivity index (χ3v) is 4.35. The summed E-state index contributed by atoms with van der Waals surface area (Å²) in [5.41, 5.74) is -0.343. The lowest BCUT2D eigenvalue weighted by Crippen LogP contribution is -2.42. The average Bonchev–Trinajstić information content (AvgIpc) is 3.06. The van der Waals surface area contributed by atoms with Gasteiger partial charge in [-0.15, -0.1) is 0 Å². The van der Waals surface area contributed by atoms with Crippen molar-refractivity contribution in [1.29, 1.82) is 0 Å². The largest absolute Gasteiger partial charge is 0.497 e. The molecule has 0 saturated carbocycles. The van der Waals surface area contributed by atoms with Crippen molar-refractivity contribution in [3.05, 3.63) is 28.8 Å². The Morgan fingerprint density at radius 3 is 2.85 bits per heavy atom. The predicted molar refractivity (Wildman–Crippen MR) is 100 cm³/mol. The topological polar surface area (TPSA) is 93.7 Å². The van der Waals surface area contributed by atoms with Crippen molar-refractivity contribution in [2.24, 2.45) is 0 Å². The van der Waals surface area contributed by atoms with Crippen LogP contribution in [0.3, 0.4) is 0 Å². The smallest absolute Gasteiger partial charge is 0.410 e. The maximum absolute atomic E-state index is 12.4. The second-order valence-corrected chi connectivity index (χ2v) is 7.53. The number of aromatic nitrogens is 2. The van der Waals surface area contributed by atoms with Gasteiger partial charge < -0.3 is 24.1 Å². The molecule has 2 heterocycles. The molecule has 1 aromatic heterocycles. The van der Waals surface area contributed by atoms with Crippen molar-refractivity contribution in [2.75, 3.05) is 20.3 Å². The molecule has 8 nitrogen and oxygen atoms in total. The summed E-state index contributed by atoms with van der Waals surface area (Å²) in [5.74, 6) is 0.931. The first kappa shape index (κ1) is 19.0. The van der Waals surface area contributed by atoms with Crippen LogP contribution in [0.4, 0.5) is 4.79 Å². The van der Waals surface area contributed by atoms with E-state index in [1.165, 1.54) is 6.33 Å². The monoisotopic (exact) mass is 375 g/mol. The fraction of sp³-hybridized carbons (Fsp3) is 0.526. The number of methoxy groups -OCH3 is 1. The number of benzene rings is 1. The molecule has 1 fully saturated rings. The Bertz CT molecular complexity index is 887. The number of H-pyrrole nitrogens is 1. The van der Waals surface area contributed by atoms with Crippen molar-refractivity contribution >= 4 is 17.0 Å². The van der Waals surface area contributed by atoms with Crippen LogP contribution in [0.15, 0.2) is 23.3 Å². The molecule has 1 N–H and O–H groups in total. The highest BCUT2D eigenvalue weighted by atomic mass is 16.6. The number of rotatable bonds is 4. The molecular weight excluding hydrogens is 350 g/mol. The number of nitrogens with zero attached hydrogens (tertiary/aromatic N) is 2.